The van der Waals surface area contributed by atoms with E-state index in [0.29, 0.717) is 25.9 Å². The molecule has 0 unspecified atom stereocenters. The number of hydrogen-bond donors (Lipinski definition) is 0. The van der Waals surface area contributed by atoms with Crippen molar-refractivity contribution in [3.63, 3.8) is 0 Å². The standard InChI is InChI=1S/C39H64N2O4.2BF4/c1-36(42)22-21-23-39(43)45-35-20-16-12-8-4-6-10-14-18-29-41-32-26-38(27-33-41)37-24-30-40(31-25-37)28-17-13-9-5-3-7-11-15-19-34-44-2;2*2-1(3,4)5/h24-27,30-33H,3-23,28-29,34-35H2,1-2H3;;/q+2;2*-1. The Kier molecular flexibility index (Phi) is 31.3. The van der Waals surface area contributed by atoms with Crippen LogP contribution < -0.4 is 9.13 Å². The molecule has 2 aromatic rings. The third-order valence-corrected chi connectivity index (χ3v) is 8.61. The van der Waals surface area contributed by atoms with Crippen LogP contribution in [0.2, 0.25) is 0 Å². The predicted octanol–water partition coefficient (Wildman–Crippen LogP) is 11.5. The number of esters is 1. The number of pyridine rings is 2. The van der Waals surface area contributed by atoms with Gasteiger partial charge < -0.3 is 48.8 Å². The van der Waals surface area contributed by atoms with Crippen LogP contribution in [0.15, 0.2) is 49.1 Å². The number of methoxy groups -OCH3 is 1. The van der Waals surface area contributed by atoms with Crippen molar-refractivity contribution >= 4 is 26.3 Å². The van der Waals surface area contributed by atoms with E-state index in [1.807, 2.05) is 0 Å². The summed E-state index contributed by atoms with van der Waals surface area (Å²) < 4.78 is 93.0. The molecular formula is C39H64B2F8N2O4. The van der Waals surface area contributed by atoms with E-state index in [-0.39, 0.29) is 11.8 Å². The second kappa shape index (κ2) is 33.1. The highest BCUT2D eigenvalue weighted by Gasteiger charge is 2.21. The number of ether oxygens (including phenoxy) is 2. The fraction of sp³-hybridized carbons (Fsp3) is 0.692. The molecule has 16 heteroatoms. The van der Waals surface area contributed by atoms with Gasteiger partial charge in [-0.1, -0.05) is 77.0 Å². The van der Waals surface area contributed by atoms with Gasteiger partial charge in [0, 0.05) is 63.7 Å². The first-order valence-electron chi connectivity index (χ1n) is 20.0. The lowest BCUT2D eigenvalue weighted by molar-refractivity contribution is -0.697. The van der Waals surface area contributed by atoms with Crippen molar-refractivity contribution in [2.75, 3.05) is 20.3 Å². The number of rotatable bonds is 29. The van der Waals surface area contributed by atoms with E-state index in [1.165, 1.54) is 114 Å². The lowest BCUT2D eigenvalue weighted by atomic mass is 10.1. The molecule has 0 aromatic carbocycles. The Morgan fingerprint density at radius 1 is 0.491 bits per heavy atom. The summed E-state index contributed by atoms with van der Waals surface area (Å²) in [5.74, 6) is -0.0387. The van der Waals surface area contributed by atoms with Crippen molar-refractivity contribution in [1.29, 1.82) is 0 Å². The number of carbonyl (C=O) groups is 2. The van der Waals surface area contributed by atoms with Crippen LogP contribution >= 0.6 is 0 Å². The number of nitrogens with zero attached hydrogens (tertiary/aromatic N) is 2. The Labute approximate surface area is 324 Å². The minimum atomic E-state index is -6.00. The summed E-state index contributed by atoms with van der Waals surface area (Å²) in [5, 5.41) is 0. The maximum Gasteiger partial charge on any atom is 0.673 e. The maximum absolute atomic E-state index is 11.6. The normalized spacial score (nSPS) is 11.3. The zero-order valence-electron chi connectivity index (χ0n) is 33.0. The first-order chi connectivity index (χ1) is 26.1. The summed E-state index contributed by atoms with van der Waals surface area (Å²) in [6.07, 6.45) is 33.2. The minimum absolute atomic E-state index is 0.131. The number of halogens is 8. The molecular weight excluding hydrogens is 734 g/mol. The van der Waals surface area contributed by atoms with Crippen molar-refractivity contribution in [2.24, 2.45) is 0 Å². The first-order valence-corrected chi connectivity index (χ1v) is 20.0. The summed E-state index contributed by atoms with van der Waals surface area (Å²) in [6, 6.07) is 8.98. The number of aryl methyl sites for hydroxylation is 2. The Morgan fingerprint density at radius 3 is 1.13 bits per heavy atom. The van der Waals surface area contributed by atoms with Gasteiger partial charge in [-0.3, -0.25) is 4.79 Å². The van der Waals surface area contributed by atoms with E-state index in [1.54, 1.807) is 14.0 Å². The van der Waals surface area contributed by atoms with Gasteiger partial charge in [-0.15, -0.1) is 0 Å². The van der Waals surface area contributed by atoms with E-state index >= 15 is 0 Å². The van der Waals surface area contributed by atoms with Gasteiger partial charge in [-0.25, -0.2) is 9.13 Å². The van der Waals surface area contributed by atoms with Gasteiger partial charge in [0.25, 0.3) is 0 Å². The van der Waals surface area contributed by atoms with Crippen LogP contribution in [-0.4, -0.2) is 46.6 Å². The van der Waals surface area contributed by atoms with E-state index in [9.17, 15) is 44.1 Å². The first kappa shape index (κ1) is 52.0. The Balaban J connectivity index is 0.00000257. The smallest absolute Gasteiger partial charge is 0.466 e. The summed E-state index contributed by atoms with van der Waals surface area (Å²) >= 11 is 0. The van der Waals surface area contributed by atoms with Gasteiger partial charge in [0.1, 0.15) is 18.9 Å². The molecule has 0 atom stereocenters. The summed E-state index contributed by atoms with van der Waals surface area (Å²) in [4.78, 5) is 22.5. The van der Waals surface area contributed by atoms with E-state index in [4.69, 9.17) is 9.47 Å². The molecule has 316 valence electrons. The van der Waals surface area contributed by atoms with Crippen LogP contribution in [-0.2, 0) is 32.2 Å². The number of carbonyl (C=O) groups excluding carboxylic acids is 2. The highest BCUT2D eigenvalue weighted by atomic mass is 19.5. The SMILES string of the molecule is COCCCCCCCCCCC[n+]1ccc(-c2cc[n+](CCCCCCCCCCCOC(=O)CCCC(C)=O)cc2)cc1.F[B-](F)(F)F.F[B-](F)(F)F. The molecule has 2 aromatic heterocycles. The van der Waals surface area contributed by atoms with E-state index in [2.05, 4.69) is 58.2 Å². The number of aromatic nitrogens is 2. The minimum Gasteiger partial charge on any atom is -0.466 e. The maximum atomic E-state index is 11.6. The van der Waals surface area contributed by atoms with Crippen LogP contribution in [0.4, 0.5) is 34.5 Å². The second-order valence-corrected chi connectivity index (χ2v) is 13.8. The third kappa shape index (κ3) is 40.5. The summed E-state index contributed by atoms with van der Waals surface area (Å²) in [5.41, 5.74) is 2.56. The van der Waals surface area contributed by atoms with E-state index < -0.39 is 14.5 Å². The number of Topliss-reactive ketones (excluding diaryl/α,β-unsaturated/α-hetero) is 1. The van der Waals surface area contributed by atoms with Crippen molar-refractivity contribution in [3.05, 3.63) is 49.1 Å². The molecule has 0 saturated carbocycles. The highest BCUT2D eigenvalue weighted by molar-refractivity contribution is 6.50. The Hall–Kier alpha value is -3.03. The van der Waals surface area contributed by atoms with Crippen LogP contribution in [0.5, 0.6) is 0 Å². The molecule has 2 heterocycles. The Morgan fingerprint density at radius 2 is 0.800 bits per heavy atom. The monoisotopic (exact) mass is 798 g/mol. The molecule has 0 saturated heterocycles. The molecule has 0 aliphatic rings. The molecule has 0 aliphatic heterocycles. The molecule has 6 nitrogen and oxygen atoms in total. The topological polar surface area (TPSA) is 60.4 Å². The fourth-order valence-corrected chi connectivity index (χ4v) is 5.75. The number of unbranched alkanes of at least 4 members (excludes halogenated alkanes) is 16. The quantitative estimate of drug-likeness (QED) is 0.0270. The molecule has 0 spiro atoms. The van der Waals surface area contributed by atoms with Crippen molar-refractivity contribution in [2.45, 2.75) is 155 Å². The molecule has 0 radical (unpaired) electrons. The second-order valence-electron chi connectivity index (χ2n) is 13.8. The van der Waals surface area contributed by atoms with Crippen LogP contribution in [0.1, 0.15) is 142 Å². The molecule has 0 amide bonds. The fourth-order valence-electron chi connectivity index (χ4n) is 5.75. The lowest BCUT2D eigenvalue weighted by Crippen LogP contribution is -2.33. The number of ketones is 1. The van der Waals surface area contributed by atoms with Gasteiger partial charge in [0.05, 0.1) is 6.61 Å². The average Bonchev–Trinajstić information content (AvgIpc) is 3.10. The van der Waals surface area contributed by atoms with Gasteiger partial charge in [0.2, 0.25) is 0 Å². The van der Waals surface area contributed by atoms with Crippen molar-refractivity contribution in [1.82, 2.24) is 0 Å². The zero-order valence-corrected chi connectivity index (χ0v) is 33.0. The van der Waals surface area contributed by atoms with Crippen LogP contribution in [0.25, 0.3) is 11.1 Å². The van der Waals surface area contributed by atoms with Crippen LogP contribution in [0, 0.1) is 0 Å². The molecule has 2 rings (SSSR count). The largest absolute Gasteiger partial charge is 0.673 e. The average molecular weight is 799 g/mol. The molecule has 0 N–H and O–H groups in total. The highest BCUT2D eigenvalue weighted by Crippen LogP contribution is 2.16. The summed E-state index contributed by atoms with van der Waals surface area (Å²) in [7, 11) is -10.2. The van der Waals surface area contributed by atoms with E-state index in [0.717, 1.165) is 32.5 Å². The zero-order chi connectivity index (χ0) is 41.2. The molecule has 0 aliphatic carbocycles. The van der Waals surface area contributed by atoms with Gasteiger partial charge in [-0.05, 0) is 50.2 Å². The van der Waals surface area contributed by atoms with Gasteiger partial charge in [0.15, 0.2) is 24.8 Å². The van der Waals surface area contributed by atoms with Crippen molar-refractivity contribution in [3.8, 4) is 11.1 Å². The third-order valence-electron chi connectivity index (χ3n) is 8.61. The van der Waals surface area contributed by atoms with Crippen molar-refractivity contribution < 1.29 is 62.7 Å². The molecule has 55 heavy (non-hydrogen) atoms. The lowest BCUT2D eigenvalue weighted by Gasteiger charge is -2.05. The summed E-state index contributed by atoms with van der Waals surface area (Å²) in [6.45, 7) is 5.17. The predicted molar refractivity (Wildman–Crippen MR) is 203 cm³/mol. The number of hydrogen-bond acceptors (Lipinski definition) is 4. The van der Waals surface area contributed by atoms with Crippen LogP contribution in [0.3, 0.4) is 0 Å². The van der Waals surface area contributed by atoms with Gasteiger partial charge >= 0.3 is 20.5 Å². The molecule has 0 fully saturated rings. The molecule has 0 bridgehead atoms. The van der Waals surface area contributed by atoms with Gasteiger partial charge in [-0.2, -0.15) is 0 Å². The Bertz CT molecular complexity index is 1200.